The lowest BCUT2D eigenvalue weighted by Gasteiger charge is -2.07. The molecule has 20 heavy (non-hydrogen) atoms. The number of thiophene rings is 1. The van der Waals surface area contributed by atoms with E-state index < -0.39 is 0 Å². The summed E-state index contributed by atoms with van der Waals surface area (Å²) in [4.78, 5) is 12.7. The van der Waals surface area contributed by atoms with Crippen LogP contribution in [0.1, 0.15) is 20.8 Å². The maximum absolute atomic E-state index is 12.0. The van der Waals surface area contributed by atoms with Crippen LogP contribution in [0, 0.1) is 6.92 Å². The third-order valence-corrected chi connectivity index (χ3v) is 3.87. The molecule has 1 aromatic carbocycles. The summed E-state index contributed by atoms with van der Waals surface area (Å²) in [6, 6.07) is 7.43. The molecule has 0 saturated heterocycles. The molecule has 0 aliphatic carbocycles. The molecule has 2 aromatic rings. The monoisotopic (exact) mass is 288 g/mol. The lowest BCUT2D eigenvalue weighted by molar-refractivity contribution is 0.105. The van der Waals surface area contributed by atoms with Crippen molar-refractivity contribution in [2.24, 2.45) is 0 Å². The first kappa shape index (κ1) is 14.3. The maximum atomic E-state index is 12.0. The summed E-state index contributed by atoms with van der Waals surface area (Å²) in [6.07, 6.45) is 3.35. The highest BCUT2D eigenvalue weighted by Gasteiger charge is 2.05. The topological polar surface area (TPSA) is 35.5 Å². The molecule has 0 saturated carbocycles. The lowest BCUT2D eigenvalue weighted by atomic mass is 10.1. The Morgan fingerprint density at radius 3 is 2.50 bits per heavy atom. The zero-order valence-electron chi connectivity index (χ0n) is 11.7. The van der Waals surface area contributed by atoms with E-state index in [9.17, 15) is 4.79 Å². The fourth-order valence-electron chi connectivity index (χ4n) is 1.77. The highest BCUT2D eigenvalue weighted by Crippen LogP contribution is 2.28. The summed E-state index contributed by atoms with van der Waals surface area (Å²) in [5.41, 5.74) is 2.00. The zero-order chi connectivity index (χ0) is 14.5. The Morgan fingerprint density at radius 1 is 1.15 bits per heavy atom. The van der Waals surface area contributed by atoms with Crippen LogP contribution in [0.3, 0.4) is 0 Å². The van der Waals surface area contributed by atoms with E-state index >= 15 is 0 Å². The molecule has 0 aliphatic rings. The molecular formula is C16H16O3S. The minimum atomic E-state index is 0.0119. The third-order valence-electron chi connectivity index (χ3n) is 2.81. The van der Waals surface area contributed by atoms with Gasteiger partial charge in [0.1, 0.15) is 0 Å². The Balaban J connectivity index is 2.17. The van der Waals surface area contributed by atoms with Crippen LogP contribution in [0.4, 0.5) is 0 Å². The average Bonchev–Trinajstić information content (AvgIpc) is 2.91. The largest absolute Gasteiger partial charge is 0.493 e. The number of hydrogen-bond acceptors (Lipinski definition) is 4. The summed E-state index contributed by atoms with van der Waals surface area (Å²) in [7, 11) is 3.18. The van der Waals surface area contributed by atoms with E-state index in [-0.39, 0.29) is 5.78 Å². The molecule has 0 spiro atoms. The number of methoxy groups -OCH3 is 2. The third kappa shape index (κ3) is 3.27. The van der Waals surface area contributed by atoms with Gasteiger partial charge < -0.3 is 9.47 Å². The SMILES string of the molecule is COc1ccc(/C=C/C(=O)c2cc(C)cs2)cc1OC. The van der Waals surface area contributed by atoms with E-state index in [0.717, 1.165) is 16.0 Å². The van der Waals surface area contributed by atoms with Crippen molar-refractivity contribution >= 4 is 23.2 Å². The first-order valence-corrected chi connectivity index (χ1v) is 7.01. The minimum absolute atomic E-state index is 0.0119. The van der Waals surface area contributed by atoms with Crippen molar-refractivity contribution in [3.05, 3.63) is 51.7 Å². The molecule has 0 bridgehead atoms. The fraction of sp³-hybridized carbons (Fsp3) is 0.188. The van der Waals surface area contributed by atoms with Crippen LogP contribution in [0.25, 0.3) is 6.08 Å². The van der Waals surface area contributed by atoms with E-state index in [4.69, 9.17) is 9.47 Å². The molecule has 0 radical (unpaired) electrons. The molecule has 0 atom stereocenters. The van der Waals surface area contributed by atoms with Crippen molar-refractivity contribution < 1.29 is 14.3 Å². The Morgan fingerprint density at radius 2 is 1.90 bits per heavy atom. The number of benzene rings is 1. The van der Waals surface area contributed by atoms with E-state index in [1.54, 1.807) is 26.4 Å². The second-order valence-electron chi connectivity index (χ2n) is 4.30. The predicted octanol–water partition coefficient (Wildman–Crippen LogP) is 3.97. The van der Waals surface area contributed by atoms with E-state index in [2.05, 4.69) is 0 Å². The Bertz CT molecular complexity index is 641. The number of ketones is 1. The van der Waals surface area contributed by atoms with Crippen molar-refractivity contribution in [2.75, 3.05) is 14.2 Å². The number of hydrogen-bond donors (Lipinski definition) is 0. The number of aryl methyl sites for hydroxylation is 1. The van der Waals surface area contributed by atoms with Gasteiger partial charge in [0.25, 0.3) is 0 Å². The summed E-state index contributed by atoms with van der Waals surface area (Å²) >= 11 is 1.46. The molecule has 2 rings (SSSR count). The molecule has 3 nitrogen and oxygen atoms in total. The zero-order valence-corrected chi connectivity index (χ0v) is 12.5. The van der Waals surface area contributed by atoms with Gasteiger partial charge in [0, 0.05) is 0 Å². The van der Waals surface area contributed by atoms with Gasteiger partial charge >= 0.3 is 0 Å². The molecule has 1 aromatic heterocycles. The molecular weight excluding hydrogens is 272 g/mol. The number of rotatable bonds is 5. The van der Waals surface area contributed by atoms with Gasteiger partial charge in [-0.2, -0.15) is 0 Å². The molecule has 104 valence electrons. The fourth-order valence-corrected chi connectivity index (χ4v) is 2.59. The molecule has 0 N–H and O–H groups in total. The van der Waals surface area contributed by atoms with Gasteiger partial charge in [-0.05, 0) is 47.7 Å². The van der Waals surface area contributed by atoms with Gasteiger partial charge in [-0.15, -0.1) is 11.3 Å². The Labute approximate surface area is 122 Å². The van der Waals surface area contributed by atoms with Crippen molar-refractivity contribution in [3.63, 3.8) is 0 Å². The van der Waals surface area contributed by atoms with Crippen molar-refractivity contribution in [3.8, 4) is 11.5 Å². The standard InChI is InChI=1S/C16H16O3S/c1-11-8-16(20-10-11)13(17)6-4-12-5-7-14(18-2)15(9-12)19-3/h4-10H,1-3H3/b6-4+. The van der Waals surface area contributed by atoms with Crippen molar-refractivity contribution in [2.45, 2.75) is 6.92 Å². The molecule has 4 heteroatoms. The van der Waals surface area contributed by atoms with E-state index in [1.165, 1.54) is 11.3 Å². The van der Waals surface area contributed by atoms with Crippen LogP contribution in [0.15, 0.2) is 35.7 Å². The molecule has 0 aliphatic heterocycles. The highest BCUT2D eigenvalue weighted by atomic mass is 32.1. The molecule has 0 amide bonds. The summed E-state index contributed by atoms with van der Waals surface area (Å²) in [5.74, 6) is 1.33. The van der Waals surface area contributed by atoms with Gasteiger partial charge in [0.15, 0.2) is 17.3 Å². The molecule has 0 fully saturated rings. The summed E-state index contributed by atoms with van der Waals surface area (Å²) in [6.45, 7) is 1.98. The summed E-state index contributed by atoms with van der Waals surface area (Å²) in [5, 5.41) is 1.97. The van der Waals surface area contributed by atoms with Crippen LogP contribution in [-0.4, -0.2) is 20.0 Å². The predicted molar refractivity (Wildman–Crippen MR) is 82.0 cm³/mol. The second kappa shape index (κ2) is 6.39. The highest BCUT2D eigenvalue weighted by molar-refractivity contribution is 7.12. The number of allylic oxidation sites excluding steroid dienone is 1. The Hall–Kier alpha value is -2.07. The number of carbonyl (C=O) groups excluding carboxylic acids is 1. The van der Waals surface area contributed by atoms with Crippen LogP contribution in [0.5, 0.6) is 11.5 Å². The van der Waals surface area contributed by atoms with Crippen LogP contribution in [-0.2, 0) is 0 Å². The first-order valence-electron chi connectivity index (χ1n) is 6.13. The smallest absolute Gasteiger partial charge is 0.195 e. The van der Waals surface area contributed by atoms with Gasteiger partial charge in [-0.1, -0.05) is 12.1 Å². The van der Waals surface area contributed by atoms with Crippen LogP contribution >= 0.6 is 11.3 Å². The quantitative estimate of drug-likeness (QED) is 0.617. The first-order chi connectivity index (χ1) is 9.63. The summed E-state index contributed by atoms with van der Waals surface area (Å²) < 4.78 is 10.4. The number of ether oxygens (including phenoxy) is 2. The molecule has 1 heterocycles. The second-order valence-corrected chi connectivity index (χ2v) is 5.21. The van der Waals surface area contributed by atoms with Gasteiger partial charge in [-0.3, -0.25) is 4.79 Å². The van der Waals surface area contributed by atoms with Gasteiger partial charge in [-0.25, -0.2) is 0 Å². The van der Waals surface area contributed by atoms with Crippen molar-refractivity contribution in [1.29, 1.82) is 0 Å². The number of carbonyl (C=O) groups is 1. The van der Waals surface area contributed by atoms with Gasteiger partial charge in [0.2, 0.25) is 0 Å². The average molecular weight is 288 g/mol. The van der Waals surface area contributed by atoms with E-state index in [0.29, 0.717) is 11.5 Å². The van der Waals surface area contributed by atoms with Crippen LogP contribution in [0.2, 0.25) is 0 Å². The van der Waals surface area contributed by atoms with E-state index in [1.807, 2.05) is 36.6 Å². The maximum Gasteiger partial charge on any atom is 0.195 e. The van der Waals surface area contributed by atoms with Gasteiger partial charge in [0.05, 0.1) is 19.1 Å². The normalized spacial score (nSPS) is 10.8. The van der Waals surface area contributed by atoms with Crippen molar-refractivity contribution in [1.82, 2.24) is 0 Å². The van der Waals surface area contributed by atoms with Crippen LogP contribution < -0.4 is 9.47 Å². The molecule has 0 unspecified atom stereocenters. The Kier molecular flexibility index (Phi) is 4.58. The lowest BCUT2D eigenvalue weighted by Crippen LogP contribution is -1.91. The minimum Gasteiger partial charge on any atom is -0.493 e.